The molecular formula is C15H18N6O2S. The van der Waals surface area contributed by atoms with Crippen LogP contribution in [0.2, 0.25) is 0 Å². The first-order chi connectivity index (χ1) is 11.6. The first-order valence-corrected chi connectivity index (χ1v) is 8.83. The highest BCUT2D eigenvalue weighted by Gasteiger charge is 2.28. The molecule has 3 aromatic rings. The average Bonchev–Trinajstić information content (AvgIpc) is 3.14. The van der Waals surface area contributed by atoms with Crippen molar-refractivity contribution in [2.75, 3.05) is 7.05 Å². The van der Waals surface area contributed by atoms with E-state index in [4.69, 9.17) is 4.42 Å². The lowest BCUT2D eigenvalue weighted by Gasteiger charge is -2.13. The summed E-state index contributed by atoms with van der Waals surface area (Å²) < 4.78 is 6.92. The summed E-state index contributed by atoms with van der Waals surface area (Å²) in [5, 5.41) is 13.4. The molecule has 1 aliphatic carbocycles. The Bertz CT molecular complexity index is 926. The Kier molecular flexibility index (Phi) is 3.89. The molecule has 3 aromatic heterocycles. The van der Waals surface area contributed by atoms with Crippen LogP contribution < -0.4 is 5.56 Å². The van der Waals surface area contributed by atoms with Gasteiger partial charge in [0.2, 0.25) is 16.7 Å². The SMILES string of the molecule is CCc1nnc(CN(C)Cc2cc(=O)n3nc(C4CC4)sc3n2)o1. The van der Waals surface area contributed by atoms with E-state index < -0.39 is 0 Å². The van der Waals surface area contributed by atoms with Crippen LogP contribution in [0.1, 0.15) is 48.2 Å². The number of rotatable bonds is 6. The highest BCUT2D eigenvalue weighted by Crippen LogP contribution is 2.41. The molecule has 3 heterocycles. The van der Waals surface area contributed by atoms with Gasteiger partial charge in [-0.05, 0) is 19.9 Å². The fraction of sp³-hybridized carbons (Fsp3) is 0.533. The van der Waals surface area contributed by atoms with Crippen molar-refractivity contribution in [3.8, 4) is 0 Å². The lowest BCUT2D eigenvalue weighted by molar-refractivity contribution is 0.275. The zero-order chi connectivity index (χ0) is 16.7. The van der Waals surface area contributed by atoms with Gasteiger partial charge in [-0.25, -0.2) is 4.98 Å². The third-order valence-corrected chi connectivity index (χ3v) is 4.96. The van der Waals surface area contributed by atoms with E-state index in [0.29, 0.717) is 35.7 Å². The Balaban J connectivity index is 1.51. The van der Waals surface area contributed by atoms with Gasteiger partial charge >= 0.3 is 0 Å². The zero-order valence-corrected chi connectivity index (χ0v) is 14.4. The quantitative estimate of drug-likeness (QED) is 0.670. The van der Waals surface area contributed by atoms with E-state index in [1.807, 2.05) is 18.9 Å². The monoisotopic (exact) mass is 346 g/mol. The van der Waals surface area contributed by atoms with Gasteiger partial charge in [-0.3, -0.25) is 9.69 Å². The molecule has 0 N–H and O–H groups in total. The summed E-state index contributed by atoms with van der Waals surface area (Å²) in [5.41, 5.74) is 0.598. The molecular weight excluding hydrogens is 328 g/mol. The van der Waals surface area contributed by atoms with Crippen LogP contribution in [0.25, 0.3) is 4.96 Å². The summed E-state index contributed by atoms with van der Waals surface area (Å²) in [4.78, 5) is 19.5. The zero-order valence-electron chi connectivity index (χ0n) is 13.6. The summed E-state index contributed by atoms with van der Waals surface area (Å²) in [6.45, 7) is 3.02. The summed E-state index contributed by atoms with van der Waals surface area (Å²) in [6, 6.07) is 1.55. The molecule has 126 valence electrons. The standard InChI is InChI=1S/C15H18N6O2S/c1-3-11-17-18-12(23-11)8-20(2)7-10-6-13(22)21-15(16-10)24-14(19-21)9-4-5-9/h6,9H,3-5,7-8H2,1-2H3. The van der Waals surface area contributed by atoms with E-state index in [1.165, 1.54) is 15.9 Å². The van der Waals surface area contributed by atoms with Crippen molar-refractivity contribution < 1.29 is 4.42 Å². The third-order valence-electron chi connectivity index (χ3n) is 3.89. The number of aromatic nitrogens is 5. The van der Waals surface area contributed by atoms with Gasteiger partial charge in [0.1, 0.15) is 5.01 Å². The minimum Gasteiger partial charge on any atom is -0.424 e. The average molecular weight is 346 g/mol. The molecule has 4 rings (SSSR count). The van der Waals surface area contributed by atoms with Crippen molar-refractivity contribution >= 4 is 16.3 Å². The summed E-state index contributed by atoms with van der Waals surface area (Å²) >= 11 is 1.51. The molecule has 1 saturated carbocycles. The number of hydrogen-bond donors (Lipinski definition) is 0. The number of nitrogens with zero attached hydrogens (tertiary/aromatic N) is 6. The highest BCUT2D eigenvalue weighted by molar-refractivity contribution is 7.16. The van der Waals surface area contributed by atoms with Crippen molar-refractivity contribution in [3.63, 3.8) is 0 Å². The van der Waals surface area contributed by atoms with E-state index >= 15 is 0 Å². The van der Waals surface area contributed by atoms with Crippen LogP contribution in [-0.4, -0.2) is 36.7 Å². The molecule has 0 saturated heterocycles. The Morgan fingerprint density at radius 3 is 2.83 bits per heavy atom. The van der Waals surface area contributed by atoms with E-state index in [9.17, 15) is 4.79 Å². The molecule has 1 aliphatic rings. The van der Waals surface area contributed by atoms with Crippen LogP contribution in [0.3, 0.4) is 0 Å². The highest BCUT2D eigenvalue weighted by atomic mass is 32.1. The van der Waals surface area contributed by atoms with Gasteiger partial charge in [0.25, 0.3) is 5.56 Å². The summed E-state index contributed by atoms with van der Waals surface area (Å²) in [5.74, 6) is 1.72. The first-order valence-electron chi connectivity index (χ1n) is 8.02. The Labute approximate surface area is 142 Å². The van der Waals surface area contributed by atoms with Crippen LogP contribution in [0.5, 0.6) is 0 Å². The molecule has 0 spiro atoms. The van der Waals surface area contributed by atoms with Crippen molar-refractivity contribution in [2.45, 2.75) is 45.2 Å². The van der Waals surface area contributed by atoms with Gasteiger partial charge in [-0.2, -0.15) is 9.61 Å². The summed E-state index contributed by atoms with van der Waals surface area (Å²) in [6.07, 6.45) is 3.04. The second-order valence-electron chi connectivity index (χ2n) is 6.11. The lowest BCUT2D eigenvalue weighted by Crippen LogP contribution is -2.22. The predicted molar refractivity (Wildman–Crippen MR) is 88.0 cm³/mol. The number of hydrogen-bond acceptors (Lipinski definition) is 8. The van der Waals surface area contributed by atoms with E-state index in [-0.39, 0.29) is 5.56 Å². The molecule has 0 bridgehead atoms. The van der Waals surface area contributed by atoms with Crippen LogP contribution in [-0.2, 0) is 19.5 Å². The third kappa shape index (κ3) is 3.09. The molecule has 0 aromatic carbocycles. The normalized spacial score (nSPS) is 14.8. The van der Waals surface area contributed by atoms with Crippen LogP contribution in [0.15, 0.2) is 15.3 Å². The Hall–Kier alpha value is -2.13. The van der Waals surface area contributed by atoms with Crippen molar-refractivity contribution in [3.05, 3.63) is 38.9 Å². The van der Waals surface area contributed by atoms with Crippen LogP contribution in [0.4, 0.5) is 0 Å². The maximum atomic E-state index is 12.2. The van der Waals surface area contributed by atoms with Gasteiger partial charge < -0.3 is 4.42 Å². The number of fused-ring (bicyclic) bond motifs is 1. The first kappa shape index (κ1) is 15.4. The van der Waals surface area contributed by atoms with Gasteiger partial charge in [0.15, 0.2) is 0 Å². The van der Waals surface area contributed by atoms with Crippen LogP contribution in [0, 0.1) is 0 Å². The second kappa shape index (κ2) is 6.06. The van der Waals surface area contributed by atoms with E-state index in [0.717, 1.165) is 30.0 Å². The van der Waals surface area contributed by atoms with Crippen molar-refractivity contribution in [1.29, 1.82) is 0 Å². The molecule has 1 fully saturated rings. The predicted octanol–water partition coefficient (Wildman–Crippen LogP) is 1.61. The molecule has 0 unspecified atom stereocenters. The van der Waals surface area contributed by atoms with Gasteiger partial charge in [0.05, 0.1) is 12.2 Å². The van der Waals surface area contributed by atoms with E-state index in [1.54, 1.807) is 6.07 Å². The van der Waals surface area contributed by atoms with Crippen molar-refractivity contribution in [2.24, 2.45) is 0 Å². The van der Waals surface area contributed by atoms with E-state index in [2.05, 4.69) is 20.3 Å². The molecule has 0 radical (unpaired) electrons. The molecule has 24 heavy (non-hydrogen) atoms. The Morgan fingerprint density at radius 1 is 1.33 bits per heavy atom. The van der Waals surface area contributed by atoms with Crippen molar-refractivity contribution in [1.82, 2.24) is 29.7 Å². The number of aryl methyl sites for hydroxylation is 1. The largest absolute Gasteiger partial charge is 0.424 e. The minimum atomic E-state index is -0.127. The molecule has 0 amide bonds. The molecule has 0 aliphatic heterocycles. The second-order valence-corrected chi connectivity index (χ2v) is 7.10. The molecule has 9 heteroatoms. The fourth-order valence-electron chi connectivity index (χ4n) is 2.51. The maximum absolute atomic E-state index is 12.2. The topological polar surface area (TPSA) is 89.4 Å². The lowest BCUT2D eigenvalue weighted by atomic mass is 10.3. The molecule has 0 atom stereocenters. The van der Waals surface area contributed by atoms with Gasteiger partial charge in [-0.1, -0.05) is 18.3 Å². The maximum Gasteiger partial charge on any atom is 0.275 e. The van der Waals surface area contributed by atoms with Gasteiger partial charge in [-0.15, -0.1) is 10.2 Å². The minimum absolute atomic E-state index is 0.127. The smallest absolute Gasteiger partial charge is 0.275 e. The molecule has 8 nitrogen and oxygen atoms in total. The van der Waals surface area contributed by atoms with Gasteiger partial charge in [0, 0.05) is 24.9 Å². The van der Waals surface area contributed by atoms with Crippen LogP contribution >= 0.6 is 11.3 Å². The Morgan fingerprint density at radius 2 is 2.12 bits per heavy atom. The summed E-state index contributed by atoms with van der Waals surface area (Å²) in [7, 11) is 1.93. The fourth-order valence-corrected chi connectivity index (χ4v) is 3.60.